The summed E-state index contributed by atoms with van der Waals surface area (Å²) < 4.78 is 5.19. The molecule has 0 aromatic carbocycles. The lowest BCUT2D eigenvalue weighted by molar-refractivity contribution is -0.311. The van der Waals surface area contributed by atoms with Gasteiger partial charge in [0.2, 0.25) is 0 Å². The predicted molar refractivity (Wildman–Crippen MR) is 78.2 cm³/mol. The van der Waals surface area contributed by atoms with E-state index in [1.54, 1.807) is 6.92 Å². The highest BCUT2D eigenvalue weighted by atomic mass is 16.5. The molecule has 0 fully saturated rings. The number of unbranched alkanes of at least 4 members (excludes halogenated alkanes) is 8. The molecule has 4 heteroatoms. The largest absolute Gasteiger partial charge is 0.550 e. The van der Waals surface area contributed by atoms with Crippen LogP contribution in [-0.2, 0) is 9.53 Å². The molecule has 0 bridgehead atoms. The van der Waals surface area contributed by atoms with Gasteiger partial charge >= 0.3 is 0 Å². The molecule has 0 spiro atoms. The van der Waals surface area contributed by atoms with Gasteiger partial charge < -0.3 is 19.7 Å². The number of carboxylic acids is 1. The summed E-state index contributed by atoms with van der Waals surface area (Å²) in [5, 5.41) is 19.0. The number of aliphatic hydroxyl groups excluding tert-OH is 1. The number of carbonyl (C=O) groups is 1. The van der Waals surface area contributed by atoms with E-state index in [0.29, 0.717) is 6.61 Å². The highest BCUT2D eigenvalue weighted by Gasteiger charge is 2.01. The minimum atomic E-state index is -0.923. The van der Waals surface area contributed by atoms with Crippen molar-refractivity contribution >= 4 is 5.97 Å². The van der Waals surface area contributed by atoms with E-state index in [1.807, 2.05) is 0 Å². The van der Waals surface area contributed by atoms with Gasteiger partial charge in [0.15, 0.2) is 0 Å². The summed E-state index contributed by atoms with van der Waals surface area (Å²) in [4.78, 5) is 10.5. The summed E-state index contributed by atoms with van der Waals surface area (Å²) in [6.45, 7) is 3.05. The van der Waals surface area contributed by atoms with Crippen LogP contribution in [0.5, 0.6) is 0 Å². The molecule has 0 rings (SSSR count). The standard InChI is InChI=1S/C16H32O4/c1-15(16(18)19)11-9-7-5-3-2-4-6-8-10-13-20-14-12-17/h15,17H,2-14H2,1H3,(H,18,19)/p-1/t15-/m1/s1. The molecule has 0 radical (unpaired) electrons. The van der Waals surface area contributed by atoms with Gasteiger partial charge in [-0.25, -0.2) is 0 Å². The summed E-state index contributed by atoms with van der Waals surface area (Å²) >= 11 is 0. The number of aliphatic carboxylic acids is 1. The molecule has 0 aromatic heterocycles. The third-order valence-electron chi connectivity index (χ3n) is 3.56. The third-order valence-corrected chi connectivity index (χ3v) is 3.56. The summed E-state index contributed by atoms with van der Waals surface area (Å²) in [7, 11) is 0. The smallest absolute Gasteiger partial charge is 0.0697 e. The maximum absolute atomic E-state index is 10.5. The van der Waals surface area contributed by atoms with Gasteiger partial charge in [-0.2, -0.15) is 0 Å². The van der Waals surface area contributed by atoms with Gasteiger partial charge in [0.05, 0.1) is 13.2 Å². The molecule has 0 saturated carbocycles. The Morgan fingerprint density at radius 3 is 1.95 bits per heavy atom. The Morgan fingerprint density at radius 1 is 0.950 bits per heavy atom. The van der Waals surface area contributed by atoms with E-state index in [-0.39, 0.29) is 12.5 Å². The first kappa shape index (κ1) is 19.4. The molecule has 1 atom stereocenters. The Labute approximate surface area is 123 Å². The molecule has 20 heavy (non-hydrogen) atoms. The fraction of sp³-hybridized carbons (Fsp3) is 0.938. The van der Waals surface area contributed by atoms with Crippen LogP contribution in [-0.4, -0.2) is 30.9 Å². The maximum Gasteiger partial charge on any atom is 0.0697 e. The fourth-order valence-electron chi connectivity index (χ4n) is 2.18. The Kier molecular flexibility index (Phi) is 14.3. The first-order chi connectivity index (χ1) is 9.68. The lowest BCUT2D eigenvalue weighted by Gasteiger charge is -2.11. The minimum absolute atomic E-state index is 0.113. The maximum atomic E-state index is 10.5. The number of hydrogen-bond donors (Lipinski definition) is 1. The van der Waals surface area contributed by atoms with Gasteiger partial charge in [-0.3, -0.25) is 0 Å². The van der Waals surface area contributed by atoms with Gasteiger partial charge in [0.1, 0.15) is 0 Å². The van der Waals surface area contributed by atoms with Gasteiger partial charge in [-0.05, 0) is 18.8 Å². The van der Waals surface area contributed by atoms with Crippen LogP contribution in [0.15, 0.2) is 0 Å². The molecule has 0 heterocycles. The summed E-state index contributed by atoms with van der Waals surface area (Å²) in [5.41, 5.74) is 0. The fourth-order valence-corrected chi connectivity index (χ4v) is 2.18. The van der Waals surface area contributed by atoms with Crippen LogP contribution in [0.4, 0.5) is 0 Å². The first-order valence-electron chi connectivity index (χ1n) is 8.08. The average molecular weight is 287 g/mol. The third kappa shape index (κ3) is 13.8. The summed E-state index contributed by atoms with van der Waals surface area (Å²) in [6, 6.07) is 0. The predicted octanol–water partition coefficient (Wildman–Crippen LogP) is 2.28. The second-order valence-corrected chi connectivity index (χ2v) is 5.53. The Morgan fingerprint density at radius 2 is 1.45 bits per heavy atom. The molecule has 0 aliphatic carbocycles. The SMILES string of the molecule is C[C@H](CCCCCCCCCCCOCCO)C(=O)[O-]. The Bertz CT molecular complexity index is 219. The molecule has 0 unspecified atom stereocenters. The van der Waals surface area contributed by atoms with Gasteiger partial charge in [-0.15, -0.1) is 0 Å². The molecule has 0 aromatic rings. The number of carboxylic acid groups (broad SMARTS) is 1. The van der Waals surface area contributed by atoms with Crippen molar-refractivity contribution in [1.29, 1.82) is 0 Å². The number of aliphatic hydroxyl groups is 1. The molecular formula is C16H31O4-. The van der Waals surface area contributed by atoms with Crippen LogP contribution >= 0.6 is 0 Å². The molecular weight excluding hydrogens is 256 g/mol. The van der Waals surface area contributed by atoms with E-state index in [1.165, 1.54) is 38.5 Å². The quantitative estimate of drug-likeness (QED) is 0.469. The molecule has 0 saturated heterocycles. The zero-order valence-corrected chi connectivity index (χ0v) is 12.9. The van der Waals surface area contributed by atoms with Crippen molar-refractivity contribution in [1.82, 2.24) is 0 Å². The molecule has 0 aliphatic rings. The Hall–Kier alpha value is -0.610. The first-order valence-corrected chi connectivity index (χ1v) is 8.08. The van der Waals surface area contributed by atoms with E-state index in [4.69, 9.17) is 9.84 Å². The van der Waals surface area contributed by atoms with Gasteiger partial charge in [0, 0.05) is 12.6 Å². The Balaban J connectivity index is 3.04. The van der Waals surface area contributed by atoms with Crippen molar-refractivity contribution in [3.05, 3.63) is 0 Å². The topological polar surface area (TPSA) is 69.6 Å². The zero-order chi connectivity index (χ0) is 15.1. The van der Waals surface area contributed by atoms with E-state index < -0.39 is 5.97 Å². The second kappa shape index (κ2) is 14.8. The molecule has 1 N–H and O–H groups in total. The highest BCUT2D eigenvalue weighted by Crippen LogP contribution is 2.13. The summed E-state index contributed by atoms with van der Waals surface area (Å²) in [5.74, 6) is -1.23. The number of carbonyl (C=O) groups excluding carboxylic acids is 1. The zero-order valence-electron chi connectivity index (χ0n) is 12.9. The highest BCUT2D eigenvalue weighted by molar-refractivity contribution is 5.66. The number of ether oxygens (including phenoxy) is 1. The number of rotatable bonds is 15. The second-order valence-electron chi connectivity index (χ2n) is 5.53. The van der Waals surface area contributed by atoms with Crippen LogP contribution in [0.25, 0.3) is 0 Å². The van der Waals surface area contributed by atoms with E-state index in [2.05, 4.69) is 0 Å². The van der Waals surface area contributed by atoms with Crippen molar-refractivity contribution in [2.24, 2.45) is 5.92 Å². The van der Waals surface area contributed by atoms with Crippen LogP contribution in [0.2, 0.25) is 0 Å². The van der Waals surface area contributed by atoms with Crippen molar-refractivity contribution in [2.75, 3.05) is 19.8 Å². The molecule has 4 nitrogen and oxygen atoms in total. The van der Waals surface area contributed by atoms with E-state index >= 15 is 0 Å². The van der Waals surface area contributed by atoms with Crippen molar-refractivity contribution < 1.29 is 19.7 Å². The van der Waals surface area contributed by atoms with Crippen LogP contribution < -0.4 is 5.11 Å². The summed E-state index contributed by atoms with van der Waals surface area (Å²) in [6.07, 6.45) is 11.4. The van der Waals surface area contributed by atoms with E-state index in [9.17, 15) is 9.90 Å². The van der Waals surface area contributed by atoms with Gasteiger partial charge in [0.25, 0.3) is 0 Å². The lowest BCUT2D eigenvalue weighted by Crippen LogP contribution is -2.29. The van der Waals surface area contributed by atoms with Crippen molar-refractivity contribution in [2.45, 2.75) is 71.1 Å². The van der Waals surface area contributed by atoms with Gasteiger partial charge in [-0.1, -0.05) is 58.3 Å². The molecule has 0 aliphatic heterocycles. The normalized spacial score (nSPS) is 12.5. The van der Waals surface area contributed by atoms with Crippen molar-refractivity contribution in [3.63, 3.8) is 0 Å². The van der Waals surface area contributed by atoms with Crippen LogP contribution in [0.1, 0.15) is 71.1 Å². The minimum Gasteiger partial charge on any atom is -0.550 e. The number of hydrogen-bond acceptors (Lipinski definition) is 4. The monoisotopic (exact) mass is 287 g/mol. The molecule has 0 amide bonds. The van der Waals surface area contributed by atoms with Crippen molar-refractivity contribution in [3.8, 4) is 0 Å². The molecule has 120 valence electrons. The lowest BCUT2D eigenvalue weighted by atomic mass is 10.0. The van der Waals surface area contributed by atoms with E-state index in [0.717, 1.165) is 32.3 Å². The van der Waals surface area contributed by atoms with Crippen LogP contribution in [0.3, 0.4) is 0 Å². The average Bonchev–Trinajstić information content (AvgIpc) is 2.43. The van der Waals surface area contributed by atoms with Crippen LogP contribution in [0, 0.1) is 5.92 Å².